The van der Waals surface area contributed by atoms with Crippen molar-refractivity contribution in [3.63, 3.8) is 0 Å². The summed E-state index contributed by atoms with van der Waals surface area (Å²) in [5, 5.41) is 3.75. The van der Waals surface area contributed by atoms with Crippen LogP contribution in [0.2, 0.25) is 0 Å². The van der Waals surface area contributed by atoms with E-state index in [9.17, 15) is 8.42 Å². The first kappa shape index (κ1) is 13.0. The van der Waals surface area contributed by atoms with E-state index in [4.69, 9.17) is 9.26 Å². The van der Waals surface area contributed by atoms with Gasteiger partial charge in [0.05, 0.1) is 11.9 Å². The van der Waals surface area contributed by atoms with Gasteiger partial charge in [-0.05, 0) is 20.3 Å². The molecule has 2 saturated heterocycles. The summed E-state index contributed by atoms with van der Waals surface area (Å²) in [6.07, 6.45) is 0.489. The van der Waals surface area contributed by atoms with Crippen LogP contribution >= 0.6 is 0 Å². The first-order valence-electron chi connectivity index (χ1n) is 6.43. The Labute approximate surface area is 112 Å². The van der Waals surface area contributed by atoms with Crippen molar-refractivity contribution in [2.24, 2.45) is 5.92 Å². The van der Waals surface area contributed by atoms with Crippen LogP contribution in [0, 0.1) is 12.8 Å². The molecule has 3 rings (SSSR count). The molecule has 2 aliphatic heterocycles. The third-order valence-corrected chi connectivity index (χ3v) is 5.59. The van der Waals surface area contributed by atoms with Gasteiger partial charge in [-0.15, -0.1) is 0 Å². The predicted molar refractivity (Wildman–Crippen MR) is 65.8 cm³/mol. The number of rotatable bonds is 3. The highest BCUT2D eigenvalue weighted by Crippen LogP contribution is 2.40. The summed E-state index contributed by atoms with van der Waals surface area (Å²) in [6.45, 7) is 4.39. The largest absolute Gasteiger partial charge is 0.363 e. The number of aryl methyl sites for hydroxylation is 1. The molecule has 0 spiro atoms. The molecular weight excluding hydrogens is 270 g/mol. The number of ether oxygens (including phenoxy) is 1. The second-order valence-corrected chi connectivity index (χ2v) is 7.31. The van der Waals surface area contributed by atoms with E-state index in [1.807, 2.05) is 0 Å². The quantitative estimate of drug-likeness (QED) is 0.804. The van der Waals surface area contributed by atoms with E-state index in [0.29, 0.717) is 24.8 Å². The molecule has 3 heterocycles. The number of hydrogen-bond donors (Lipinski definition) is 0. The maximum absolute atomic E-state index is 11.8. The fourth-order valence-corrected chi connectivity index (χ4v) is 3.90. The highest BCUT2D eigenvalue weighted by molar-refractivity contribution is 7.89. The molecule has 0 saturated carbocycles. The van der Waals surface area contributed by atoms with Gasteiger partial charge in [-0.1, -0.05) is 5.16 Å². The van der Waals surface area contributed by atoms with Gasteiger partial charge in [0.1, 0.15) is 6.10 Å². The van der Waals surface area contributed by atoms with Crippen LogP contribution in [0.3, 0.4) is 0 Å². The second kappa shape index (κ2) is 4.53. The van der Waals surface area contributed by atoms with Crippen LogP contribution in [0.1, 0.15) is 31.2 Å². The smallest absolute Gasteiger partial charge is 0.255 e. The Morgan fingerprint density at radius 1 is 1.42 bits per heavy atom. The van der Waals surface area contributed by atoms with Crippen molar-refractivity contribution in [2.45, 2.75) is 32.5 Å². The Hall–Kier alpha value is -0.990. The summed E-state index contributed by atoms with van der Waals surface area (Å²) in [7, 11) is -3.12. The van der Waals surface area contributed by atoms with Crippen molar-refractivity contribution in [1.29, 1.82) is 0 Å². The molecule has 2 aliphatic rings. The fraction of sp³-hybridized carbons (Fsp3) is 0.818. The molecule has 0 aliphatic carbocycles. The molecule has 1 aromatic rings. The number of sulfonamides is 1. The monoisotopic (exact) mass is 287 g/mol. The topological polar surface area (TPSA) is 85.5 Å². The minimum absolute atomic E-state index is 0.0569. The standard InChI is InChI=1S/C11H17N3O4S/c1-3-19(15,16)14-5-8-4-9(17-10(8)6-14)11-12-7(2)13-18-11/h8-10H,3-6H2,1-2H3/t8-,9+,10+/m1/s1. The van der Waals surface area contributed by atoms with Gasteiger partial charge in [0.15, 0.2) is 5.82 Å². The molecule has 1 aromatic heterocycles. The first-order valence-corrected chi connectivity index (χ1v) is 8.04. The lowest BCUT2D eigenvalue weighted by Gasteiger charge is -2.17. The van der Waals surface area contributed by atoms with E-state index in [2.05, 4.69) is 10.1 Å². The first-order chi connectivity index (χ1) is 8.99. The van der Waals surface area contributed by atoms with Gasteiger partial charge in [-0.2, -0.15) is 9.29 Å². The zero-order valence-electron chi connectivity index (χ0n) is 10.9. The van der Waals surface area contributed by atoms with Crippen molar-refractivity contribution in [1.82, 2.24) is 14.4 Å². The van der Waals surface area contributed by atoms with Crippen molar-refractivity contribution in [3.8, 4) is 0 Å². The molecule has 7 nitrogen and oxygen atoms in total. The van der Waals surface area contributed by atoms with Crippen LogP contribution in [0.4, 0.5) is 0 Å². The predicted octanol–water partition coefficient (Wildman–Crippen LogP) is 0.490. The van der Waals surface area contributed by atoms with Crippen LogP contribution < -0.4 is 0 Å². The molecule has 106 valence electrons. The summed E-state index contributed by atoms with van der Waals surface area (Å²) in [6, 6.07) is 0. The zero-order chi connectivity index (χ0) is 13.6. The Bertz CT molecular complexity index is 556. The van der Waals surface area contributed by atoms with Gasteiger partial charge < -0.3 is 9.26 Å². The minimum atomic E-state index is -3.12. The van der Waals surface area contributed by atoms with E-state index in [0.717, 1.165) is 6.42 Å². The number of nitrogens with zero attached hydrogens (tertiary/aromatic N) is 3. The zero-order valence-corrected chi connectivity index (χ0v) is 11.8. The van der Waals surface area contributed by atoms with Crippen LogP contribution in [-0.2, 0) is 14.8 Å². The second-order valence-electron chi connectivity index (χ2n) is 5.06. The van der Waals surface area contributed by atoms with Crippen LogP contribution in [0.15, 0.2) is 4.52 Å². The lowest BCUT2D eigenvalue weighted by atomic mass is 10.0. The highest BCUT2D eigenvalue weighted by Gasteiger charge is 2.46. The Morgan fingerprint density at radius 3 is 2.79 bits per heavy atom. The Balaban J connectivity index is 1.68. The molecule has 2 fully saturated rings. The van der Waals surface area contributed by atoms with Crippen molar-refractivity contribution in [2.75, 3.05) is 18.8 Å². The van der Waals surface area contributed by atoms with Crippen LogP contribution in [0.5, 0.6) is 0 Å². The summed E-state index contributed by atoms with van der Waals surface area (Å²) < 4.78 is 36.1. The number of aromatic nitrogens is 2. The van der Waals surface area contributed by atoms with Gasteiger partial charge in [-0.3, -0.25) is 0 Å². The van der Waals surface area contributed by atoms with E-state index >= 15 is 0 Å². The molecule has 0 aromatic carbocycles. The van der Waals surface area contributed by atoms with E-state index < -0.39 is 10.0 Å². The summed E-state index contributed by atoms with van der Waals surface area (Å²) in [5.41, 5.74) is 0. The average Bonchev–Trinajstić information content (AvgIpc) is 3.01. The molecule has 8 heteroatoms. The lowest BCUT2D eigenvalue weighted by Crippen LogP contribution is -2.32. The van der Waals surface area contributed by atoms with Crippen LogP contribution in [-0.4, -0.2) is 47.8 Å². The van der Waals surface area contributed by atoms with E-state index in [1.165, 1.54) is 4.31 Å². The minimum Gasteiger partial charge on any atom is -0.363 e. The van der Waals surface area contributed by atoms with Crippen molar-refractivity contribution < 1.29 is 17.7 Å². The van der Waals surface area contributed by atoms with Gasteiger partial charge in [0, 0.05) is 19.0 Å². The van der Waals surface area contributed by atoms with Crippen molar-refractivity contribution in [3.05, 3.63) is 11.7 Å². The van der Waals surface area contributed by atoms with E-state index in [1.54, 1.807) is 13.8 Å². The summed E-state index contributed by atoms with van der Waals surface area (Å²) >= 11 is 0. The Kier molecular flexibility index (Phi) is 3.11. The molecule has 19 heavy (non-hydrogen) atoms. The molecule has 0 unspecified atom stereocenters. The number of fused-ring (bicyclic) bond motifs is 1. The normalized spacial score (nSPS) is 31.8. The van der Waals surface area contributed by atoms with Gasteiger partial charge in [-0.25, -0.2) is 8.42 Å². The van der Waals surface area contributed by atoms with Gasteiger partial charge in [0.25, 0.3) is 5.89 Å². The summed E-state index contributed by atoms with van der Waals surface area (Å²) in [5.74, 6) is 1.44. The molecular formula is C11H17N3O4S. The van der Waals surface area contributed by atoms with Gasteiger partial charge in [0.2, 0.25) is 10.0 Å². The molecule has 3 atom stereocenters. The maximum atomic E-state index is 11.8. The van der Waals surface area contributed by atoms with E-state index in [-0.39, 0.29) is 23.9 Å². The highest BCUT2D eigenvalue weighted by atomic mass is 32.2. The molecule has 0 bridgehead atoms. The Morgan fingerprint density at radius 2 is 2.21 bits per heavy atom. The average molecular weight is 287 g/mol. The maximum Gasteiger partial charge on any atom is 0.255 e. The van der Waals surface area contributed by atoms with Crippen LogP contribution in [0.25, 0.3) is 0 Å². The third kappa shape index (κ3) is 2.28. The lowest BCUT2D eigenvalue weighted by molar-refractivity contribution is 0.0251. The SMILES string of the molecule is CCS(=O)(=O)N1C[C@H]2C[C@@H](c3nc(C)no3)O[C@H]2C1. The molecule has 0 radical (unpaired) electrons. The third-order valence-electron chi connectivity index (χ3n) is 3.78. The fourth-order valence-electron chi connectivity index (χ4n) is 2.74. The van der Waals surface area contributed by atoms with Crippen molar-refractivity contribution >= 4 is 10.0 Å². The molecule has 0 amide bonds. The van der Waals surface area contributed by atoms with Gasteiger partial charge >= 0.3 is 0 Å². The number of hydrogen-bond acceptors (Lipinski definition) is 6. The summed E-state index contributed by atoms with van der Waals surface area (Å²) in [4.78, 5) is 4.17. The molecule has 0 N–H and O–H groups in total.